The van der Waals surface area contributed by atoms with E-state index in [9.17, 15) is 9.59 Å². The molecule has 5 rings (SSSR count). The molecule has 1 aromatic carbocycles. The predicted octanol–water partition coefficient (Wildman–Crippen LogP) is 2.70. The molecule has 2 amide bonds. The molecule has 2 aliphatic heterocycles. The number of fused-ring (bicyclic) bond motifs is 6. The van der Waals surface area contributed by atoms with E-state index in [-0.39, 0.29) is 17.7 Å². The van der Waals surface area contributed by atoms with Crippen LogP contribution in [-0.2, 0) is 9.59 Å². The van der Waals surface area contributed by atoms with Gasteiger partial charge in [-0.15, -0.1) is 0 Å². The van der Waals surface area contributed by atoms with Crippen LogP contribution in [0.25, 0.3) is 17.1 Å². The number of benzene rings is 1. The van der Waals surface area contributed by atoms with Crippen LogP contribution in [0, 0.1) is 5.92 Å². The molecule has 1 aliphatic carbocycles. The molecular formula is C23H24N4O2. The molecular weight excluding hydrogens is 364 g/mol. The molecule has 2 aromatic rings. The Morgan fingerprint density at radius 1 is 1.24 bits per heavy atom. The first-order valence-electron chi connectivity index (χ1n) is 10.0. The molecule has 0 spiro atoms. The number of para-hydroxylation sites is 1. The predicted molar refractivity (Wildman–Crippen MR) is 113 cm³/mol. The van der Waals surface area contributed by atoms with Crippen LogP contribution >= 0.6 is 0 Å². The minimum Gasteiger partial charge on any atom is -0.368 e. The van der Waals surface area contributed by atoms with Gasteiger partial charge in [0.2, 0.25) is 11.8 Å². The average Bonchev–Trinajstić information content (AvgIpc) is 3.26. The number of carbonyl (C=O) groups is 2. The molecule has 29 heavy (non-hydrogen) atoms. The van der Waals surface area contributed by atoms with Gasteiger partial charge in [0.15, 0.2) is 6.04 Å². The summed E-state index contributed by atoms with van der Waals surface area (Å²) in [6.07, 6.45) is 6.24. The summed E-state index contributed by atoms with van der Waals surface area (Å²) in [6, 6.07) is 9.80. The molecule has 1 aromatic heterocycles. The molecule has 0 bridgehead atoms. The van der Waals surface area contributed by atoms with Crippen molar-refractivity contribution in [2.75, 3.05) is 14.1 Å². The van der Waals surface area contributed by atoms with E-state index in [0.717, 1.165) is 41.3 Å². The highest BCUT2D eigenvalue weighted by atomic mass is 16.2. The molecule has 0 saturated heterocycles. The van der Waals surface area contributed by atoms with Crippen molar-refractivity contribution in [2.45, 2.75) is 31.2 Å². The molecule has 6 heteroatoms. The third-order valence-electron chi connectivity index (χ3n) is 6.47. The molecule has 3 heterocycles. The smallest absolute Gasteiger partial charge is 0.246 e. The summed E-state index contributed by atoms with van der Waals surface area (Å²) in [6.45, 7) is 0. The van der Waals surface area contributed by atoms with E-state index in [1.54, 1.807) is 4.90 Å². The van der Waals surface area contributed by atoms with Crippen molar-refractivity contribution >= 4 is 35.1 Å². The Morgan fingerprint density at radius 3 is 2.79 bits per heavy atom. The van der Waals surface area contributed by atoms with Gasteiger partial charge in [-0.05, 0) is 37.0 Å². The number of aromatic nitrogens is 1. The van der Waals surface area contributed by atoms with Crippen molar-refractivity contribution in [3.8, 4) is 0 Å². The molecule has 1 saturated carbocycles. The van der Waals surface area contributed by atoms with Crippen LogP contribution in [0.4, 0.5) is 0 Å². The highest BCUT2D eigenvalue weighted by molar-refractivity contribution is 6.02. The molecule has 6 nitrogen and oxygen atoms in total. The van der Waals surface area contributed by atoms with E-state index in [1.165, 1.54) is 11.3 Å². The van der Waals surface area contributed by atoms with Gasteiger partial charge in [0, 0.05) is 55.0 Å². The maximum absolute atomic E-state index is 12.7. The highest BCUT2D eigenvalue weighted by Crippen LogP contribution is 2.47. The van der Waals surface area contributed by atoms with Gasteiger partial charge in [0.1, 0.15) is 0 Å². The van der Waals surface area contributed by atoms with Crippen molar-refractivity contribution < 1.29 is 9.59 Å². The summed E-state index contributed by atoms with van der Waals surface area (Å²) in [5.41, 5.74) is 11.1. The lowest BCUT2D eigenvalue weighted by atomic mass is 9.73. The fraction of sp³-hybridized carbons (Fsp3) is 0.348. The van der Waals surface area contributed by atoms with Crippen LogP contribution in [-0.4, -0.2) is 47.6 Å². The first-order chi connectivity index (χ1) is 14.0. The Labute approximate surface area is 169 Å². The Kier molecular flexibility index (Phi) is 3.98. The van der Waals surface area contributed by atoms with Crippen molar-refractivity contribution in [1.82, 2.24) is 9.47 Å². The van der Waals surface area contributed by atoms with Crippen molar-refractivity contribution in [3.63, 3.8) is 0 Å². The minimum absolute atomic E-state index is 0.00218. The van der Waals surface area contributed by atoms with Crippen molar-refractivity contribution in [2.24, 2.45) is 16.6 Å². The van der Waals surface area contributed by atoms with Gasteiger partial charge in [0.25, 0.3) is 0 Å². The van der Waals surface area contributed by atoms with Gasteiger partial charge in [0.05, 0.1) is 5.52 Å². The van der Waals surface area contributed by atoms with Gasteiger partial charge >= 0.3 is 0 Å². The summed E-state index contributed by atoms with van der Waals surface area (Å²) in [5, 5.41) is 1.15. The fourth-order valence-corrected chi connectivity index (χ4v) is 5.09. The molecule has 148 valence electrons. The number of nitrogens with two attached hydrogens (primary N) is 1. The second-order valence-corrected chi connectivity index (χ2v) is 8.36. The second-order valence-electron chi connectivity index (χ2n) is 8.36. The molecule has 3 atom stereocenters. The van der Waals surface area contributed by atoms with Gasteiger partial charge in [-0.2, -0.15) is 0 Å². The highest BCUT2D eigenvalue weighted by Gasteiger charge is 2.39. The maximum Gasteiger partial charge on any atom is 0.246 e. The molecule has 1 fully saturated rings. The third kappa shape index (κ3) is 2.66. The average molecular weight is 388 g/mol. The van der Waals surface area contributed by atoms with Gasteiger partial charge in [-0.3, -0.25) is 14.6 Å². The monoisotopic (exact) mass is 388 g/mol. The van der Waals surface area contributed by atoms with Crippen LogP contribution in [0.5, 0.6) is 0 Å². The lowest BCUT2D eigenvalue weighted by Gasteiger charge is -2.33. The van der Waals surface area contributed by atoms with Crippen LogP contribution < -0.4 is 5.73 Å². The summed E-state index contributed by atoms with van der Waals surface area (Å²) >= 11 is 0. The van der Waals surface area contributed by atoms with E-state index < -0.39 is 11.9 Å². The lowest BCUT2D eigenvalue weighted by molar-refractivity contribution is -0.133. The summed E-state index contributed by atoms with van der Waals surface area (Å²) < 4.78 is 2.18. The largest absolute Gasteiger partial charge is 0.368 e. The SMILES string of the molecule is CN(C)C(=O)C1CCC2=C3C=NC(C(N)=O)C3=Cn3c(cc4ccccc43)C2C1. The number of amides is 2. The summed E-state index contributed by atoms with van der Waals surface area (Å²) in [5.74, 6) is -0.134. The number of hydrogen-bond acceptors (Lipinski definition) is 3. The van der Waals surface area contributed by atoms with Gasteiger partial charge < -0.3 is 15.2 Å². The number of rotatable bonds is 2. The zero-order valence-corrected chi connectivity index (χ0v) is 16.6. The topological polar surface area (TPSA) is 80.7 Å². The van der Waals surface area contributed by atoms with Crippen LogP contribution in [0.2, 0.25) is 0 Å². The second kappa shape index (κ2) is 6.44. The quantitative estimate of drug-likeness (QED) is 0.858. The van der Waals surface area contributed by atoms with E-state index in [4.69, 9.17) is 5.73 Å². The third-order valence-corrected chi connectivity index (χ3v) is 6.47. The van der Waals surface area contributed by atoms with Crippen molar-refractivity contribution in [3.05, 3.63) is 52.7 Å². The van der Waals surface area contributed by atoms with Gasteiger partial charge in [-0.1, -0.05) is 23.8 Å². The van der Waals surface area contributed by atoms with Crippen LogP contribution in [0.15, 0.2) is 52.0 Å². The minimum atomic E-state index is -0.647. The number of hydrogen-bond donors (Lipinski definition) is 1. The van der Waals surface area contributed by atoms with Crippen molar-refractivity contribution in [1.29, 1.82) is 0 Å². The van der Waals surface area contributed by atoms with Crippen LogP contribution in [0.3, 0.4) is 0 Å². The number of primary amides is 1. The zero-order valence-electron chi connectivity index (χ0n) is 16.6. The number of aliphatic imine (C=N–C) groups is 1. The fourth-order valence-electron chi connectivity index (χ4n) is 5.09. The molecule has 3 aliphatic rings. The van der Waals surface area contributed by atoms with Gasteiger partial charge in [-0.25, -0.2) is 0 Å². The first-order valence-corrected chi connectivity index (χ1v) is 10.0. The number of nitrogens with zero attached hydrogens (tertiary/aromatic N) is 3. The molecule has 0 radical (unpaired) electrons. The standard InChI is InChI=1S/C23H24N4O2/c1-26(2)23(29)14-7-8-15-16(9-14)20-10-13-5-3-4-6-19(13)27(20)12-18-17(15)11-25-21(18)22(24)28/h3-6,10-12,14,16,21H,7-9H2,1-2H3,(H2,24,28). The summed E-state index contributed by atoms with van der Waals surface area (Å²) in [4.78, 5) is 30.9. The molecule has 3 unspecified atom stereocenters. The Hall–Kier alpha value is -3.15. The first kappa shape index (κ1) is 17.9. The lowest BCUT2D eigenvalue weighted by Crippen LogP contribution is -2.33. The van der Waals surface area contributed by atoms with Crippen LogP contribution in [0.1, 0.15) is 30.9 Å². The Bertz CT molecular complexity index is 1130. The normalized spacial score (nSPS) is 25.2. The Morgan fingerprint density at radius 2 is 2.03 bits per heavy atom. The van der Waals surface area contributed by atoms with E-state index in [2.05, 4.69) is 27.8 Å². The van der Waals surface area contributed by atoms with E-state index >= 15 is 0 Å². The zero-order chi connectivity index (χ0) is 20.3. The summed E-state index contributed by atoms with van der Waals surface area (Å²) in [7, 11) is 3.64. The Balaban J connectivity index is 1.71. The number of carbonyl (C=O) groups excluding carboxylic acids is 2. The molecule has 2 N–H and O–H groups in total. The number of allylic oxidation sites excluding steroid dienone is 1. The maximum atomic E-state index is 12.7. The van der Waals surface area contributed by atoms with E-state index in [1.807, 2.05) is 38.6 Å². The van der Waals surface area contributed by atoms with E-state index in [0.29, 0.717) is 0 Å².